The standard InChI is InChI=1S/C13H17N5S/c1-15-13(19)17-16-10-11-4-6-12(7-5-11)18(2)9-3-8-14/h4-7,10H,3,9H2,1-2H3,(H2,15,17,19). The molecule has 19 heavy (non-hydrogen) atoms. The van der Waals surface area contributed by atoms with E-state index >= 15 is 0 Å². The lowest BCUT2D eigenvalue weighted by Crippen LogP contribution is -2.28. The smallest absolute Gasteiger partial charge is 0.186 e. The minimum absolute atomic E-state index is 0.476. The average molecular weight is 275 g/mol. The summed E-state index contributed by atoms with van der Waals surface area (Å²) < 4.78 is 0. The molecular weight excluding hydrogens is 258 g/mol. The first-order valence-corrected chi connectivity index (χ1v) is 6.27. The summed E-state index contributed by atoms with van der Waals surface area (Å²) in [7, 11) is 3.70. The number of anilines is 1. The van der Waals surface area contributed by atoms with Gasteiger partial charge in [-0.2, -0.15) is 10.4 Å². The minimum atomic E-state index is 0.476. The largest absolute Gasteiger partial charge is 0.374 e. The van der Waals surface area contributed by atoms with Gasteiger partial charge in [-0.1, -0.05) is 12.1 Å². The highest BCUT2D eigenvalue weighted by molar-refractivity contribution is 7.80. The molecule has 0 aromatic heterocycles. The fourth-order valence-electron chi connectivity index (χ4n) is 1.38. The molecule has 0 aliphatic heterocycles. The van der Waals surface area contributed by atoms with Crippen LogP contribution in [0.3, 0.4) is 0 Å². The van der Waals surface area contributed by atoms with E-state index < -0.39 is 0 Å². The number of hydrazone groups is 1. The summed E-state index contributed by atoms with van der Waals surface area (Å²) in [5.74, 6) is 0. The van der Waals surface area contributed by atoms with Crippen molar-refractivity contribution in [3.8, 4) is 6.07 Å². The number of thiocarbonyl (C=S) groups is 1. The Morgan fingerprint density at radius 1 is 1.47 bits per heavy atom. The van der Waals surface area contributed by atoms with Crippen molar-refractivity contribution in [2.24, 2.45) is 5.10 Å². The van der Waals surface area contributed by atoms with E-state index in [1.54, 1.807) is 13.3 Å². The van der Waals surface area contributed by atoms with E-state index in [1.165, 1.54) is 0 Å². The molecule has 0 aliphatic rings. The number of benzene rings is 1. The third-order valence-corrected chi connectivity index (χ3v) is 2.80. The molecule has 1 aromatic rings. The summed E-state index contributed by atoms with van der Waals surface area (Å²) in [6.07, 6.45) is 2.22. The molecule has 2 N–H and O–H groups in total. The predicted molar refractivity (Wildman–Crippen MR) is 82.3 cm³/mol. The van der Waals surface area contributed by atoms with E-state index in [4.69, 9.17) is 17.5 Å². The Labute approximate surface area is 118 Å². The lowest BCUT2D eigenvalue weighted by Gasteiger charge is -2.17. The van der Waals surface area contributed by atoms with Crippen LogP contribution in [0.25, 0.3) is 0 Å². The summed E-state index contributed by atoms with van der Waals surface area (Å²) >= 11 is 4.90. The Bertz CT molecular complexity index is 475. The molecule has 0 fully saturated rings. The molecule has 1 aromatic carbocycles. The van der Waals surface area contributed by atoms with Crippen LogP contribution in [0.15, 0.2) is 29.4 Å². The lowest BCUT2D eigenvalue weighted by molar-refractivity contribution is 0.905. The monoisotopic (exact) mass is 275 g/mol. The number of nitriles is 1. The zero-order chi connectivity index (χ0) is 14.1. The summed E-state index contributed by atoms with van der Waals surface area (Å²) in [6.45, 7) is 0.724. The maximum absolute atomic E-state index is 8.55. The lowest BCUT2D eigenvalue weighted by atomic mass is 10.2. The third-order valence-electron chi connectivity index (χ3n) is 2.50. The quantitative estimate of drug-likeness (QED) is 0.484. The van der Waals surface area contributed by atoms with Crippen LogP contribution in [-0.4, -0.2) is 32.0 Å². The van der Waals surface area contributed by atoms with Gasteiger partial charge in [-0.05, 0) is 29.9 Å². The van der Waals surface area contributed by atoms with E-state index in [0.717, 1.165) is 17.8 Å². The Kier molecular flexibility index (Phi) is 6.33. The topological polar surface area (TPSA) is 63.5 Å². The van der Waals surface area contributed by atoms with Gasteiger partial charge in [0, 0.05) is 26.3 Å². The molecule has 0 aliphatic carbocycles. The van der Waals surface area contributed by atoms with E-state index in [1.807, 2.05) is 36.2 Å². The molecule has 0 spiro atoms. The highest BCUT2D eigenvalue weighted by Gasteiger charge is 1.99. The Hall–Kier alpha value is -2.13. The first-order valence-electron chi connectivity index (χ1n) is 5.86. The zero-order valence-electron chi connectivity index (χ0n) is 11.1. The van der Waals surface area contributed by atoms with Gasteiger partial charge in [0.25, 0.3) is 0 Å². The Morgan fingerprint density at radius 3 is 2.74 bits per heavy atom. The Balaban J connectivity index is 2.56. The maximum atomic E-state index is 8.55. The second-order valence-corrected chi connectivity index (χ2v) is 4.28. The SMILES string of the molecule is CNC(=S)NN=Cc1ccc(N(C)CCC#N)cc1. The molecule has 1 rings (SSSR count). The first kappa shape index (κ1) is 14.9. The summed E-state index contributed by atoms with van der Waals surface area (Å²) in [6, 6.07) is 10.1. The van der Waals surface area contributed by atoms with Gasteiger partial charge in [0.05, 0.1) is 18.7 Å². The number of nitrogens with zero attached hydrogens (tertiary/aromatic N) is 3. The second kappa shape index (κ2) is 8.06. The first-order chi connectivity index (χ1) is 9.17. The highest BCUT2D eigenvalue weighted by Crippen LogP contribution is 2.13. The molecule has 0 saturated carbocycles. The predicted octanol–water partition coefficient (Wildman–Crippen LogP) is 1.46. The molecule has 0 radical (unpaired) electrons. The van der Waals surface area contributed by atoms with Crippen molar-refractivity contribution in [1.82, 2.24) is 10.7 Å². The number of hydrogen-bond donors (Lipinski definition) is 2. The van der Waals surface area contributed by atoms with Crippen LogP contribution in [0.1, 0.15) is 12.0 Å². The molecule has 6 heteroatoms. The van der Waals surface area contributed by atoms with Crippen LogP contribution in [0.5, 0.6) is 0 Å². The maximum Gasteiger partial charge on any atom is 0.186 e. The van der Waals surface area contributed by atoms with Gasteiger partial charge >= 0.3 is 0 Å². The van der Waals surface area contributed by atoms with Gasteiger partial charge in [0.15, 0.2) is 5.11 Å². The number of rotatable bonds is 5. The molecule has 5 nitrogen and oxygen atoms in total. The van der Waals surface area contributed by atoms with Crippen LogP contribution >= 0.6 is 12.2 Å². The fraction of sp³-hybridized carbons (Fsp3) is 0.308. The van der Waals surface area contributed by atoms with Crippen molar-refractivity contribution in [3.63, 3.8) is 0 Å². The fourth-order valence-corrected chi connectivity index (χ4v) is 1.44. The van der Waals surface area contributed by atoms with Crippen LogP contribution in [0, 0.1) is 11.3 Å². The molecule has 0 unspecified atom stereocenters. The van der Waals surface area contributed by atoms with Gasteiger partial charge in [0.1, 0.15) is 0 Å². The van der Waals surface area contributed by atoms with Gasteiger partial charge < -0.3 is 10.2 Å². The zero-order valence-corrected chi connectivity index (χ0v) is 11.9. The van der Waals surface area contributed by atoms with Crippen LogP contribution in [0.4, 0.5) is 5.69 Å². The Morgan fingerprint density at radius 2 is 2.16 bits per heavy atom. The highest BCUT2D eigenvalue weighted by atomic mass is 32.1. The summed E-state index contributed by atoms with van der Waals surface area (Å²) in [5.41, 5.74) is 4.74. The summed E-state index contributed by atoms with van der Waals surface area (Å²) in [4.78, 5) is 2.04. The van der Waals surface area contributed by atoms with E-state index in [0.29, 0.717) is 11.5 Å². The van der Waals surface area contributed by atoms with E-state index in [-0.39, 0.29) is 0 Å². The van der Waals surface area contributed by atoms with Crippen molar-refractivity contribution in [2.45, 2.75) is 6.42 Å². The second-order valence-electron chi connectivity index (χ2n) is 3.87. The molecule has 0 atom stereocenters. The number of hydrogen-bond acceptors (Lipinski definition) is 4. The average Bonchev–Trinajstić information content (AvgIpc) is 2.45. The molecular formula is C13H17N5S. The summed E-state index contributed by atoms with van der Waals surface area (Å²) in [5, 5.41) is 15.8. The van der Waals surface area contributed by atoms with Crippen molar-refractivity contribution in [1.29, 1.82) is 5.26 Å². The molecule has 0 saturated heterocycles. The molecule has 100 valence electrons. The van der Waals surface area contributed by atoms with Crippen molar-refractivity contribution >= 4 is 29.2 Å². The third kappa shape index (κ3) is 5.36. The van der Waals surface area contributed by atoms with Gasteiger partial charge in [-0.25, -0.2) is 0 Å². The van der Waals surface area contributed by atoms with Gasteiger partial charge in [0.2, 0.25) is 0 Å². The van der Waals surface area contributed by atoms with Crippen LogP contribution in [0.2, 0.25) is 0 Å². The van der Waals surface area contributed by atoms with Gasteiger partial charge in [-0.3, -0.25) is 5.43 Å². The normalized spacial score (nSPS) is 9.95. The minimum Gasteiger partial charge on any atom is -0.374 e. The molecule has 0 amide bonds. The molecule has 0 bridgehead atoms. The number of nitrogens with one attached hydrogen (secondary N) is 2. The van der Waals surface area contributed by atoms with Crippen LogP contribution < -0.4 is 15.6 Å². The van der Waals surface area contributed by atoms with Crippen molar-refractivity contribution < 1.29 is 0 Å². The van der Waals surface area contributed by atoms with E-state index in [2.05, 4.69) is 21.9 Å². The molecule has 0 heterocycles. The van der Waals surface area contributed by atoms with Gasteiger partial charge in [-0.15, -0.1) is 0 Å². The van der Waals surface area contributed by atoms with E-state index in [9.17, 15) is 0 Å². The van der Waals surface area contributed by atoms with Crippen LogP contribution in [-0.2, 0) is 0 Å². The van der Waals surface area contributed by atoms with Crippen molar-refractivity contribution in [2.75, 3.05) is 25.5 Å². The van der Waals surface area contributed by atoms with Crippen molar-refractivity contribution in [3.05, 3.63) is 29.8 Å².